The highest BCUT2D eigenvalue weighted by Crippen LogP contribution is 2.17. The van der Waals surface area contributed by atoms with Gasteiger partial charge in [-0.1, -0.05) is 37.3 Å². The van der Waals surface area contributed by atoms with E-state index in [1.807, 2.05) is 18.2 Å². The predicted octanol–water partition coefficient (Wildman–Crippen LogP) is 2.10. The maximum atomic E-state index is 11.9. The van der Waals surface area contributed by atoms with E-state index in [-0.39, 0.29) is 18.0 Å². The SMILES string of the molecule is C[C@H](CCNC(=O)N[C@H]1CCC(=O)N(C)C1)c1ccccc1. The molecule has 1 aromatic carbocycles. The van der Waals surface area contributed by atoms with Gasteiger partial charge in [-0.25, -0.2) is 4.79 Å². The lowest BCUT2D eigenvalue weighted by atomic mass is 9.98. The van der Waals surface area contributed by atoms with Crippen molar-refractivity contribution in [2.75, 3.05) is 20.1 Å². The first-order chi connectivity index (χ1) is 10.6. The molecule has 0 unspecified atom stereocenters. The van der Waals surface area contributed by atoms with Gasteiger partial charge in [0.05, 0.1) is 0 Å². The van der Waals surface area contributed by atoms with Gasteiger partial charge in [-0.05, 0) is 24.3 Å². The molecule has 5 heteroatoms. The minimum Gasteiger partial charge on any atom is -0.344 e. The maximum absolute atomic E-state index is 11.9. The van der Waals surface area contributed by atoms with Gasteiger partial charge in [0.1, 0.15) is 0 Å². The summed E-state index contributed by atoms with van der Waals surface area (Å²) >= 11 is 0. The number of hydrogen-bond acceptors (Lipinski definition) is 2. The van der Waals surface area contributed by atoms with E-state index in [0.717, 1.165) is 12.8 Å². The number of benzene rings is 1. The standard InChI is InChI=1S/C17H25N3O2/c1-13(14-6-4-3-5-7-14)10-11-18-17(22)19-15-8-9-16(21)20(2)12-15/h3-7,13,15H,8-12H2,1-2H3,(H2,18,19,22)/t13-,15+/m1/s1. The zero-order valence-corrected chi connectivity index (χ0v) is 13.3. The van der Waals surface area contributed by atoms with E-state index in [4.69, 9.17) is 0 Å². The van der Waals surface area contributed by atoms with Gasteiger partial charge in [-0.2, -0.15) is 0 Å². The molecule has 2 atom stereocenters. The van der Waals surface area contributed by atoms with E-state index in [1.54, 1.807) is 11.9 Å². The summed E-state index contributed by atoms with van der Waals surface area (Å²) in [5, 5.41) is 5.84. The largest absolute Gasteiger partial charge is 0.344 e. The Labute approximate surface area is 132 Å². The highest BCUT2D eigenvalue weighted by Gasteiger charge is 2.23. The van der Waals surface area contributed by atoms with E-state index in [1.165, 1.54) is 5.56 Å². The molecule has 0 saturated carbocycles. The quantitative estimate of drug-likeness (QED) is 0.875. The summed E-state index contributed by atoms with van der Waals surface area (Å²) in [6.45, 7) is 3.40. The fraction of sp³-hybridized carbons (Fsp3) is 0.529. The van der Waals surface area contributed by atoms with Crippen LogP contribution >= 0.6 is 0 Å². The summed E-state index contributed by atoms with van der Waals surface area (Å²) in [7, 11) is 1.77. The number of amides is 3. The Hall–Kier alpha value is -2.04. The molecule has 3 amide bonds. The molecule has 1 aliphatic rings. The van der Waals surface area contributed by atoms with Gasteiger partial charge in [0.2, 0.25) is 5.91 Å². The molecule has 1 aromatic rings. The molecule has 1 heterocycles. The molecule has 0 bridgehead atoms. The fourth-order valence-corrected chi connectivity index (χ4v) is 2.72. The van der Waals surface area contributed by atoms with Crippen LogP contribution in [0.2, 0.25) is 0 Å². The summed E-state index contributed by atoms with van der Waals surface area (Å²) in [6, 6.07) is 10.2. The first-order valence-electron chi connectivity index (χ1n) is 7.89. The third kappa shape index (κ3) is 4.76. The summed E-state index contributed by atoms with van der Waals surface area (Å²) in [5.41, 5.74) is 1.29. The number of hydrogen-bond donors (Lipinski definition) is 2. The van der Waals surface area contributed by atoms with Crippen molar-refractivity contribution >= 4 is 11.9 Å². The Bertz CT molecular complexity index is 504. The lowest BCUT2D eigenvalue weighted by Crippen LogP contribution is -2.51. The van der Waals surface area contributed by atoms with Crippen LogP contribution in [0, 0.1) is 0 Å². The van der Waals surface area contributed by atoms with Crippen LogP contribution in [0.3, 0.4) is 0 Å². The number of piperidine rings is 1. The zero-order chi connectivity index (χ0) is 15.9. The van der Waals surface area contributed by atoms with Crippen molar-refractivity contribution in [2.45, 2.75) is 38.1 Å². The monoisotopic (exact) mass is 303 g/mol. The normalized spacial score (nSPS) is 19.6. The lowest BCUT2D eigenvalue weighted by molar-refractivity contribution is -0.132. The second-order valence-electron chi connectivity index (χ2n) is 6.01. The van der Waals surface area contributed by atoms with Crippen LogP contribution in [-0.4, -0.2) is 43.0 Å². The average molecular weight is 303 g/mol. The molecular formula is C17H25N3O2. The third-order valence-electron chi connectivity index (χ3n) is 4.19. The molecule has 0 aromatic heterocycles. The van der Waals surface area contributed by atoms with Gasteiger partial charge in [0.25, 0.3) is 0 Å². The van der Waals surface area contributed by atoms with Crippen molar-refractivity contribution < 1.29 is 9.59 Å². The van der Waals surface area contributed by atoms with E-state index < -0.39 is 0 Å². The molecule has 2 N–H and O–H groups in total. The Morgan fingerprint density at radius 3 is 2.77 bits per heavy atom. The molecule has 120 valence electrons. The van der Waals surface area contributed by atoms with Crippen LogP contribution in [0.5, 0.6) is 0 Å². The van der Waals surface area contributed by atoms with Crippen LogP contribution in [0.15, 0.2) is 30.3 Å². The van der Waals surface area contributed by atoms with Gasteiger partial charge in [0.15, 0.2) is 0 Å². The van der Waals surface area contributed by atoms with Crippen molar-refractivity contribution in [2.24, 2.45) is 0 Å². The van der Waals surface area contributed by atoms with Crippen LogP contribution in [0.25, 0.3) is 0 Å². The molecule has 1 saturated heterocycles. The van der Waals surface area contributed by atoms with E-state index in [0.29, 0.717) is 25.4 Å². The van der Waals surface area contributed by atoms with Crippen LogP contribution < -0.4 is 10.6 Å². The molecule has 0 aliphatic carbocycles. The van der Waals surface area contributed by atoms with Crippen LogP contribution in [0.1, 0.15) is 37.7 Å². The summed E-state index contributed by atoms with van der Waals surface area (Å²) in [5.74, 6) is 0.565. The molecule has 0 radical (unpaired) electrons. The molecule has 5 nitrogen and oxygen atoms in total. The molecular weight excluding hydrogens is 278 g/mol. The zero-order valence-electron chi connectivity index (χ0n) is 13.3. The summed E-state index contributed by atoms with van der Waals surface area (Å²) in [4.78, 5) is 25.0. The van der Waals surface area contributed by atoms with Gasteiger partial charge < -0.3 is 15.5 Å². The Balaban J connectivity index is 1.67. The number of likely N-dealkylation sites (tertiary alicyclic amines) is 1. The average Bonchev–Trinajstić information content (AvgIpc) is 2.51. The molecule has 2 rings (SSSR count). The Kier molecular flexibility index (Phi) is 5.81. The van der Waals surface area contributed by atoms with Gasteiger partial charge >= 0.3 is 6.03 Å². The molecule has 22 heavy (non-hydrogen) atoms. The number of likely N-dealkylation sites (N-methyl/N-ethyl adjacent to an activating group) is 1. The number of carbonyl (C=O) groups is 2. The number of nitrogens with one attached hydrogen (secondary N) is 2. The second-order valence-corrected chi connectivity index (χ2v) is 6.01. The molecule has 0 spiro atoms. The number of carbonyl (C=O) groups excluding carboxylic acids is 2. The van der Waals surface area contributed by atoms with E-state index in [2.05, 4.69) is 29.7 Å². The van der Waals surface area contributed by atoms with Crippen molar-refractivity contribution in [3.8, 4) is 0 Å². The van der Waals surface area contributed by atoms with Crippen LogP contribution in [-0.2, 0) is 4.79 Å². The number of urea groups is 1. The first-order valence-corrected chi connectivity index (χ1v) is 7.89. The van der Waals surface area contributed by atoms with Crippen molar-refractivity contribution in [3.05, 3.63) is 35.9 Å². The molecule has 1 fully saturated rings. The Morgan fingerprint density at radius 1 is 1.36 bits per heavy atom. The maximum Gasteiger partial charge on any atom is 0.315 e. The topological polar surface area (TPSA) is 61.4 Å². The summed E-state index contributed by atoms with van der Waals surface area (Å²) < 4.78 is 0. The number of nitrogens with zero attached hydrogens (tertiary/aromatic N) is 1. The second kappa shape index (κ2) is 7.82. The minimum absolute atomic E-state index is 0.0502. The van der Waals surface area contributed by atoms with Gasteiger partial charge in [0, 0.05) is 32.6 Å². The van der Waals surface area contributed by atoms with Gasteiger partial charge in [-0.3, -0.25) is 4.79 Å². The van der Waals surface area contributed by atoms with Crippen molar-refractivity contribution in [1.82, 2.24) is 15.5 Å². The summed E-state index contributed by atoms with van der Waals surface area (Å²) in [6.07, 6.45) is 2.13. The predicted molar refractivity (Wildman–Crippen MR) is 86.7 cm³/mol. The number of rotatable bonds is 5. The fourth-order valence-electron chi connectivity index (χ4n) is 2.72. The highest BCUT2D eigenvalue weighted by molar-refractivity contribution is 5.78. The lowest BCUT2D eigenvalue weighted by Gasteiger charge is -2.30. The molecule has 1 aliphatic heterocycles. The Morgan fingerprint density at radius 2 is 2.09 bits per heavy atom. The van der Waals surface area contributed by atoms with E-state index >= 15 is 0 Å². The van der Waals surface area contributed by atoms with Crippen molar-refractivity contribution in [3.63, 3.8) is 0 Å². The first kappa shape index (κ1) is 16.3. The van der Waals surface area contributed by atoms with Crippen molar-refractivity contribution in [1.29, 1.82) is 0 Å². The minimum atomic E-state index is -0.145. The third-order valence-corrected chi connectivity index (χ3v) is 4.19. The highest BCUT2D eigenvalue weighted by atomic mass is 16.2. The van der Waals surface area contributed by atoms with Gasteiger partial charge in [-0.15, -0.1) is 0 Å². The smallest absolute Gasteiger partial charge is 0.315 e. The van der Waals surface area contributed by atoms with E-state index in [9.17, 15) is 9.59 Å². The van der Waals surface area contributed by atoms with Crippen LogP contribution in [0.4, 0.5) is 4.79 Å².